The lowest BCUT2D eigenvalue weighted by Crippen LogP contribution is -2.15. The Morgan fingerprint density at radius 1 is 1.18 bits per heavy atom. The predicted octanol–water partition coefficient (Wildman–Crippen LogP) is 5.15. The van der Waals surface area contributed by atoms with E-state index in [2.05, 4.69) is 40.3 Å². The van der Waals surface area contributed by atoms with E-state index in [1.165, 1.54) is 19.1 Å². The Kier molecular flexibility index (Phi) is 4.31. The Morgan fingerprint density at radius 2 is 1.76 bits per heavy atom. The lowest BCUT2D eigenvalue weighted by atomic mass is 10.1. The zero-order valence-corrected chi connectivity index (χ0v) is 13.8. The Morgan fingerprint density at radius 3 is 2.18 bits per heavy atom. The van der Waals surface area contributed by atoms with E-state index in [1.54, 1.807) is 22.7 Å². The van der Waals surface area contributed by atoms with Crippen LogP contribution in [0.15, 0.2) is 15.9 Å². The van der Waals surface area contributed by atoms with Crippen LogP contribution in [-0.2, 0) is 0 Å². The van der Waals surface area contributed by atoms with Crippen molar-refractivity contribution >= 4 is 50.2 Å². The van der Waals surface area contributed by atoms with Crippen LogP contribution < -0.4 is 5.32 Å². The van der Waals surface area contributed by atoms with Gasteiger partial charge < -0.3 is 5.32 Å². The van der Waals surface area contributed by atoms with Crippen LogP contribution in [0.2, 0.25) is 4.34 Å². The zero-order valence-electron chi connectivity index (χ0n) is 9.80. The van der Waals surface area contributed by atoms with E-state index in [0.717, 1.165) is 9.90 Å². The Hall–Kier alpha value is 0.130. The molecule has 1 nitrogen and oxygen atoms in total. The van der Waals surface area contributed by atoms with Crippen LogP contribution in [0, 0.1) is 13.8 Å². The van der Waals surface area contributed by atoms with Gasteiger partial charge in [-0.3, -0.25) is 0 Å². The fourth-order valence-electron chi connectivity index (χ4n) is 1.68. The van der Waals surface area contributed by atoms with E-state index in [4.69, 9.17) is 11.6 Å². The zero-order chi connectivity index (χ0) is 12.6. The summed E-state index contributed by atoms with van der Waals surface area (Å²) in [5, 5.41) is 3.36. The van der Waals surface area contributed by atoms with Crippen molar-refractivity contribution in [1.29, 1.82) is 0 Å². The van der Waals surface area contributed by atoms with Gasteiger partial charge in [-0.2, -0.15) is 0 Å². The first-order valence-corrected chi connectivity index (χ1v) is 8.02. The second-order valence-corrected chi connectivity index (χ2v) is 8.02. The summed E-state index contributed by atoms with van der Waals surface area (Å²) in [6.45, 7) is 4.16. The van der Waals surface area contributed by atoms with E-state index in [0.29, 0.717) is 0 Å². The minimum absolute atomic E-state index is 0.237. The van der Waals surface area contributed by atoms with Gasteiger partial charge >= 0.3 is 0 Å². The third-order valence-electron chi connectivity index (χ3n) is 2.61. The molecule has 2 heterocycles. The molecule has 0 aliphatic heterocycles. The SMILES string of the molecule is CNC(c1cc(C)c(Cl)s1)c1cc(C)c(Br)s1. The van der Waals surface area contributed by atoms with Crippen molar-refractivity contribution in [2.45, 2.75) is 19.9 Å². The third kappa shape index (κ3) is 2.76. The number of halogens is 2. The quantitative estimate of drug-likeness (QED) is 0.807. The lowest BCUT2D eigenvalue weighted by Gasteiger charge is -2.11. The van der Waals surface area contributed by atoms with Crippen molar-refractivity contribution in [3.05, 3.63) is 41.1 Å². The molecule has 0 aliphatic rings. The summed E-state index contributed by atoms with van der Waals surface area (Å²) >= 11 is 13.1. The van der Waals surface area contributed by atoms with Gasteiger partial charge in [-0.1, -0.05) is 11.6 Å². The molecule has 2 rings (SSSR count). The van der Waals surface area contributed by atoms with E-state index >= 15 is 0 Å². The highest BCUT2D eigenvalue weighted by molar-refractivity contribution is 9.11. The van der Waals surface area contributed by atoms with Gasteiger partial charge in [-0.25, -0.2) is 0 Å². The van der Waals surface area contributed by atoms with Gasteiger partial charge in [-0.05, 0) is 60.1 Å². The third-order valence-corrected chi connectivity index (χ3v) is 6.43. The summed E-state index contributed by atoms with van der Waals surface area (Å²) in [4.78, 5) is 2.58. The maximum Gasteiger partial charge on any atom is 0.0961 e. The van der Waals surface area contributed by atoms with Gasteiger partial charge in [0.2, 0.25) is 0 Å². The molecule has 0 amide bonds. The average Bonchev–Trinajstić information content (AvgIpc) is 2.75. The maximum absolute atomic E-state index is 6.14. The van der Waals surface area contributed by atoms with Crippen LogP contribution in [0.3, 0.4) is 0 Å². The van der Waals surface area contributed by atoms with Crippen LogP contribution in [0.25, 0.3) is 0 Å². The van der Waals surface area contributed by atoms with Crippen LogP contribution >= 0.6 is 50.2 Å². The Bertz CT molecular complexity index is 447. The Labute approximate surface area is 123 Å². The van der Waals surface area contributed by atoms with Crippen LogP contribution in [-0.4, -0.2) is 7.05 Å². The van der Waals surface area contributed by atoms with Crippen molar-refractivity contribution in [3.63, 3.8) is 0 Å². The van der Waals surface area contributed by atoms with Crippen LogP contribution in [0.5, 0.6) is 0 Å². The smallest absolute Gasteiger partial charge is 0.0961 e. The molecular formula is C12H13BrClNS2. The molecule has 92 valence electrons. The van der Waals surface area contributed by atoms with E-state index in [1.807, 2.05) is 14.0 Å². The molecule has 0 aliphatic carbocycles. The van der Waals surface area contributed by atoms with Gasteiger partial charge in [-0.15, -0.1) is 22.7 Å². The number of hydrogen-bond donors (Lipinski definition) is 1. The molecule has 0 bridgehead atoms. The Balaban J connectivity index is 2.39. The predicted molar refractivity (Wildman–Crippen MR) is 81.7 cm³/mol. The fourth-order valence-corrected chi connectivity index (χ4v) is 4.80. The summed E-state index contributed by atoms with van der Waals surface area (Å²) < 4.78 is 2.08. The molecule has 2 aromatic rings. The number of nitrogens with one attached hydrogen (secondary N) is 1. The van der Waals surface area contributed by atoms with Crippen molar-refractivity contribution < 1.29 is 0 Å². The monoisotopic (exact) mass is 349 g/mol. The number of hydrogen-bond acceptors (Lipinski definition) is 3. The largest absolute Gasteiger partial charge is 0.308 e. The van der Waals surface area contributed by atoms with Gasteiger partial charge in [0.1, 0.15) is 0 Å². The molecule has 1 N–H and O–H groups in total. The molecule has 0 fully saturated rings. The summed E-state index contributed by atoms with van der Waals surface area (Å²) in [6.07, 6.45) is 0. The normalized spacial score (nSPS) is 13.0. The first-order valence-electron chi connectivity index (χ1n) is 5.22. The first kappa shape index (κ1) is 13.6. The summed E-state index contributed by atoms with van der Waals surface area (Å²) in [5.74, 6) is 0. The molecule has 0 spiro atoms. The first-order chi connectivity index (χ1) is 8.02. The highest BCUT2D eigenvalue weighted by Crippen LogP contribution is 2.38. The van der Waals surface area contributed by atoms with Gasteiger partial charge in [0.15, 0.2) is 0 Å². The maximum atomic E-state index is 6.14. The van der Waals surface area contributed by atoms with E-state index in [9.17, 15) is 0 Å². The van der Waals surface area contributed by atoms with Gasteiger partial charge in [0.05, 0.1) is 14.2 Å². The van der Waals surface area contributed by atoms with Crippen molar-refractivity contribution in [2.24, 2.45) is 0 Å². The molecule has 0 saturated carbocycles. The summed E-state index contributed by atoms with van der Waals surface area (Å²) in [7, 11) is 1.98. The molecule has 0 aromatic carbocycles. The highest BCUT2D eigenvalue weighted by atomic mass is 79.9. The van der Waals surface area contributed by atoms with Crippen LogP contribution in [0.1, 0.15) is 26.9 Å². The summed E-state index contributed by atoms with van der Waals surface area (Å²) in [6, 6.07) is 4.62. The second-order valence-electron chi connectivity index (χ2n) is 3.93. The van der Waals surface area contributed by atoms with Gasteiger partial charge in [0.25, 0.3) is 0 Å². The van der Waals surface area contributed by atoms with Gasteiger partial charge in [0, 0.05) is 9.75 Å². The van der Waals surface area contributed by atoms with E-state index < -0.39 is 0 Å². The number of aryl methyl sites for hydroxylation is 2. The molecule has 1 unspecified atom stereocenters. The number of thiophene rings is 2. The lowest BCUT2D eigenvalue weighted by molar-refractivity contribution is 0.715. The fraction of sp³-hybridized carbons (Fsp3) is 0.333. The molecule has 2 aromatic heterocycles. The molecular weight excluding hydrogens is 338 g/mol. The highest BCUT2D eigenvalue weighted by Gasteiger charge is 2.18. The minimum atomic E-state index is 0.237. The second kappa shape index (κ2) is 5.41. The number of rotatable bonds is 3. The van der Waals surface area contributed by atoms with Crippen molar-refractivity contribution in [3.8, 4) is 0 Å². The summed E-state index contributed by atoms with van der Waals surface area (Å²) in [5.41, 5.74) is 2.43. The standard InChI is InChI=1S/C12H13BrClNS2/c1-6-4-8(16-11(6)13)10(15-3)9-5-7(2)12(14)17-9/h4-5,10,15H,1-3H3. The molecule has 5 heteroatoms. The van der Waals surface area contributed by atoms with Crippen molar-refractivity contribution in [2.75, 3.05) is 7.05 Å². The van der Waals surface area contributed by atoms with Crippen LogP contribution in [0.4, 0.5) is 0 Å². The minimum Gasteiger partial charge on any atom is -0.308 e. The molecule has 1 atom stereocenters. The molecule has 0 saturated heterocycles. The van der Waals surface area contributed by atoms with E-state index in [-0.39, 0.29) is 6.04 Å². The molecule has 0 radical (unpaired) electrons. The molecule has 17 heavy (non-hydrogen) atoms. The van der Waals surface area contributed by atoms with Crippen molar-refractivity contribution in [1.82, 2.24) is 5.32 Å². The average molecular weight is 351 g/mol. The topological polar surface area (TPSA) is 12.0 Å².